The fourth-order valence-electron chi connectivity index (χ4n) is 2.29. The van der Waals surface area contributed by atoms with Gasteiger partial charge in [0.15, 0.2) is 0 Å². The number of hydrogen-bond donors (Lipinski definition) is 1. The maximum Gasteiger partial charge on any atom is 0.226 e. The Hall–Kier alpha value is -0.940. The van der Waals surface area contributed by atoms with Crippen LogP contribution in [0.3, 0.4) is 0 Å². The van der Waals surface area contributed by atoms with Crippen LogP contribution in [0.15, 0.2) is 4.52 Å². The van der Waals surface area contributed by atoms with Gasteiger partial charge in [-0.2, -0.15) is 4.98 Å². The van der Waals surface area contributed by atoms with Crippen molar-refractivity contribution in [1.29, 1.82) is 0 Å². The van der Waals surface area contributed by atoms with Gasteiger partial charge in [-0.25, -0.2) is 0 Å². The predicted molar refractivity (Wildman–Crippen MR) is 72.9 cm³/mol. The van der Waals surface area contributed by atoms with Gasteiger partial charge in [0, 0.05) is 19.5 Å². The van der Waals surface area contributed by atoms with Gasteiger partial charge in [0.1, 0.15) is 6.10 Å². The van der Waals surface area contributed by atoms with Gasteiger partial charge in [-0.05, 0) is 6.42 Å². The van der Waals surface area contributed by atoms with Gasteiger partial charge in [0.2, 0.25) is 11.7 Å². The highest BCUT2D eigenvalue weighted by molar-refractivity contribution is 4.93. The van der Waals surface area contributed by atoms with Crippen LogP contribution in [0.2, 0.25) is 0 Å². The minimum Gasteiger partial charge on any atom is -0.367 e. The number of morpholine rings is 1. The Bertz CT molecular complexity index is 348. The van der Waals surface area contributed by atoms with Gasteiger partial charge >= 0.3 is 0 Å². The Morgan fingerprint density at radius 3 is 2.84 bits per heavy atom. The highest BCUT2D eigenvalue weighted by Crippen LogP contribution is 2.16. The van der Waals surface area contributed by atoms with Crippen LogP contribution in [0.5, 0.6) is 0 Å². The van der Waals surface area contributed by atoms with E-state index >= 15 is 0 Å². The highest BCUT2D eigenvalue weighted by Gasteiger charge is 2.21. The first-order chi connectivity index (χ1) is 9.40. The second kappa shape index (κ2) is 8.27. The summed E-state index contributed by atoms with van der Waals surface area (Å²) in [7, 11) is 0. The molecule has 0 spiro atoms. The molecule has 1 aromatic rings. The second-order valence-corrected chi connectivity index (χ2v) is 5.13. The number of ether oxygens (including phenoxy) is 1. The van der Waals surface area contributed by atoms with Crippen molar-refractivity contribution < 1.29 is 9.26 Å². The van der Waals surface area contributed by atoms with Crippen LogP contribution < -0.4 is 5.32 Å². The summed E-state index contributed by atoms with van der Waals surface area (Å²) in [6.45, 7) is 4.63. The van der Waals surface area contributed by atoms with E-state index in [1.165, 1.54) is 32.1 Å². The molecule has 1 aromatic heterocycles. The lowest BCUT2D eigenvalue weighted by Crippen LogP contribution is -2.33. The summed E-state index contributed by atoms with van der Waals surface area (Å²) in [5, 5.41) is 7.28. The van der Waals surface area contributed by atoms with Crippen LogP contribution in [0.1, 0.15) is 63.3 Å². The fraction of sp³-hybridized carbons (Fsp3) is 0.857. The molecule has 1 unspecified atom stereocenters. The van der Waals surface area contributed by atoms with E-state index in [2.05, 4.69) is 22.4 Å². The normalized spacial score (nSPS) is 19.7. The van der Waals surface area contributed by atoms with Crippen LogP contribution in [-0.2, 0) is 11.2 Å². The third kappa shape index (κ3) is 4.91. The lowest BCUT2D eigenvalue weighted by molar-refractivity contribution is 0.0208. The minimum atomic E-state index is -0.0456. The molecule has 0 radical (unpaired) electrons. The average molecular weight is 267 g/mol. The summed E-state index contributed by atoms with van der Waals surface area (Å²) < 4.78 is 10.9. The van der Waals surface area contributed by atoms with Crippen molar-refractivity contribution in [3.63, 3.8) is 0 Å². The SMILES string of the molecule is CCCCCCCCc1nc(C2CNCCO2)no1. The molecule has 2 heterocycles. The van der Waals surface area contributed by atoms with E-state index in [4.69, 9.17) is 9.26 Å². The number of nitrogens with zero attached hydrogens (tertiary/aromatic N) is 2. The first kappa shape index (κ1) is 14.5. The Labute approximate surface area is 115 Å². The molecule has 1 fully saturated rings. The van der Waals surface area contributed by atoms with E-state index in [9.17, 15) is 0 Å². The number of aromatic nitrogens is 2. The molecule has 1 aliphatic heterocycles. The molecule has 0 aromatic carbocycles. The Morgan fingerprint density at radius 1 is 1.21 bits per heavy atom. The quantitative estimate of drug-likeness (QED) is 0.734. The molecule has 0 saturated carbocycles. The smallest absolute Gasteiger partial charge is 0.226 e. The van der Waals surface area contributed by atoms with Crippen LogP contribution >= 0.6 is 0 Å². The Kier molecular flexibility index (Phi) is 6.30. The molecule has 1 N–H and O–H groups in total. The molecule has 5 nitrogen and oxygen atoms in total. The van der Waals surface area contributed by atoms with E-state index in [0.717, 1.165) is 31.8 Å². The number of aryl methyl sites for hydroxylation is 1. The summed E-state index contributed by atoms with van der Waals surface area (Å²) >= 11 is 0. The molecule has 1 aliphatic rings. The van der Waals surface area contributed by atoms with Gasteiger partial charge in [-0.3, -0.25) is 0 Å². The van der Waals surface area contributed by atoms with Crippen LogP contribution in [0.25, 0.3) is 0 Å². The number of hydrogen-bond acceptors (Lipinski definition) is 5. The zero-order valence-corrected chi connectivity index (χ0v) is 11.9. The third-order valence-corrected chi connectivity index (χ3v) is 3.44. The first-order valence-corrected chi connectivity index (χ1v) is 7.55. The Balaban J connectivity index is 1.66. The van der Waals surface area contributed by atoms with Gasteiger partial charge in [0.25, 0.3) is 0 Å². The van der Waals surface area contributed by atoms with E-state index in [-0.39, 0.29) is 6.10 Å². The maximum atomic E-state index is 5.60. The van der Waals surface area contributed by atoms with Crippen molar-refractivity contribution in [3.05, 3.63) is 11.7 Å². The standard InChI is InChI=1S/C14H25N3O2/c1-2-3-4-5-6-7-8-13-16-14(17-19-13)12-11-15-9-10-18-12/h12,15H,2-11H2,1H3. The number of rotatable bonds is 8. The number of unbranched alkanes of at least 4 members (excludes halogenated alkanes) is 5. The molecule has 5 heteroatoms. The van der Waals surface area contributed by atoms with Gasteiger partial charge in [0.05, 0.1) is 6.61 Å². The van der Waals surface area contributed by atoms with Crippen molar-refractivity contribution in [1.82, 2.24) is 15.5 Å². The van der Waals surface area contributed by atoms with E-state index in [0.29, 0.717) is 12.4 Å². The van der Waals surface area contributed by atoms with Gasteiger partial charge < -0.3 is 14.6 Å². The second-order valence-electron chi connectivity index (χ2n) is 5.13. The van der Waals surface area contributed by atoms with Crippen molar-refractivity contribution >= 4 is 0 Å². The monoisotopic (exact) mass is 267 g/mol. The molecule has 1 atom stereocenters. The molecular weight excluding hydrogens is 242 g/mol. The van der Waals surface area contributed by atoms with Crippen LogP contribution in [0, 0.1) is 0 Å². The summed E-state index contributed by atoms with van der Waals surface area (Å²) in [4.78, 5) is 4.43. The minimum absolute atomic E-state index is 0.0456. The average Bonchev–Trinajstić information content (AvgIpc) is 2.92. The van der Waals surface area contributed by atoms with Crippen molar-refractivity contribution in [3.8, 4) is 0 Å². The van der Waals surface area contributed by atoms with E-state index < -0.39 is 0 Å². The third-order valence-electron chi connectivity index (χ3n) is 3.44. The molecule has 0 bridgehead atoms. The first-order valence-electron chi connectivity index (χ1n) is 7.55. The van der Waals surface area contributed by atoms with Crippen molar-refractivity contribution in [2.75, 3.05) is 19.7 Å². The molecule has 0 amide bonds. The van der Waals surface area contributed by atoms with Crippen molar-refractivity contribution in [2.24, 2.45) is 0 Å². The van der Waals surface area contributed by atoms with E-state index in [1.807, 2.05) is 0 Å². The van der Waals surface area contributed by atoms with Crippen LogP contribution in [-0.4, -0.2) is 29.8 Å². The summed E-state index contributed by atoms with van der Waals surface area (Å²) in [5.41, 5.74) is 0. The summed E-state index contributed by atoms with van der Waals surface area (Å²) in [6.07, 6.45) is 8.51. The topological polar surface area (TPSA) is 60.2 Å². The predicted octanol–water partition coefficient (Wildman–Crippen LogP) is 2.63. The van der Waals surface area contributed by atoms with Gasteiger partial charge in [-0.1, -0.05) is 44.2 Å². The van der Waals surface area contributed by atoms with Gasteiger partial charge in [-0.15, -0.1) is 0 Å². The molecule has 19 heavy (non-hydrogen) atoms. The molecule has 0 aliphatic carbocycles. The highest BCUT2D eigenvalue weighted by atomic mass is 16.5. The summed E-state index contributed by atoms with van der Waals surface area (Å²) in [6, 6.07) is 0. The lowest BCUT2D eigenvalue weighted by atomic mass is 10.1. The maximum absolute atomic E-state index is 5.60. The van der Waals surface area contributed by atoms with Crippen molar-refractivity contribution in [2.45, 2.75) is 58.0 Å². The molecular formula is C14H25N3O2. The fourth-order valence-corrected chi connectivity index (χ4v) is 2.29. The lowest BCUT2D eigenvalue weighted by Gasteiger charge is -2.20. The zero-order chi connectivity index (χ0) is 13.3. The summed E-state index contributed by atoms with van der Waals surface area (Å²) in [5.74, 6) is 1.44. The Morgan fingerprint density at radius 2 is 2.05 bits per heavy atom. The van der Waals surface area contributed by atoms with E-state index in [1.54, 1.807) is 0 Å². The molecule has 1 saturated heterocycles. The molecule has 2 rings (SSSR count). The largest absolute Gasteiger partial charge is 0.367 e. The zero-order valence-electron chi connectivity index (χ0n) is 11.9. The van der Waals surface area contributed by atoms with Crippen LogP contribution in [0.4, 0.5) is 0 Å². The molecule has 108 valence electrons. The number of nitrogens with one attached hydrogen (secondary N) is 1.